The number of rotatable bonds is 7. The Kier molecular flexibility index (Phi) is 6.28. The van der Waals surface area contributed by atoms with Crippen LogP contribution in [0.15, 0.2) is 39.9 Å². The molecule has 0 bridgehead atoms. The van der Waals surface area contributed by atoms with Crippen LogP contribution >= 0.6 is 11.3 Å². The number of amides is 1. The summed E-state index contributed by atoms with van der Waals surface area (Å²) in [5.41, 5.74) is 0.987. The van der Waals surface area contributed by atoms with Crippen LogP contribution in [0.3, 0.4) is 0 Å². The van der Waals surface area contributed by atoms with Crippen LogP contribution in [0.1, 0.15) is 12.5 Å². The molecule has 2 aliphatic rings. The number of carbonyl (C=O) groups is 1. The van der Waals surface area contributed by atoms with Gasteiger partial charge in [-0.25, -0.2) is 8.42 Å². The number of hydrogen-bond donors (Lipinski definition) is 0. The van der Waals surface area contributed by atoms with E-state index in [0.717, 1.165) is 11.3 Å². The van der Waals surface area contributed by atoms with E-state index in [1.165, 1.54) is 15.6 Å². The number of ether oxygens (including phenoxy) is 2. The largest absolute Gasteiger partial charge is 0.454 e. The third-order valence-corrected chi connectivity index (χ3v) is 8.60. The van der Waals surface area contributed by atoms with Crippen LogP contribution < -0.4 is 9.47 Å². The van der Waals surface area contributed by atoms with Crippen molar-refractivity contribution in [1.29, 1.82) is 0 Å². The van der Waals surface area contributed by atoms with E-state index in [0.29, 0.717) is 49.2 Å². The molecule has 162 valence electrons. The third kappa shape index (κ3) is 4.46. The minimum Gasteiger partial charge on any atom is -0.454 e. The Morgan fingerprint density at radius 3 is 2.60 bits per heavy atom. The number of likely N-dealkylation sites (N-methyl/N-ethyl adjacent to an activating group) is 1. The number of piperazine rings is 1. The summed E-state index contributed by atoms with van der Waals surface area (Å²) in [6.07, 6.45) is 0. The fourth-order valence-corrected chi connectivity index (χ4v) is 6.16. The summed E-state index contributed by atoms with van der Waals surface area (Å²) < 4.78 is 37.9. The molecule has 4 rings (SSSR count). The van der Waals surface area contributed by atoms with Gasteiger partial charge in [-0.3, -0.25) is 9.69 Å². The molecule has 0 radical (unpaired) electrons. The van der Waals surface area contributed by atoms with Crippen molar-refractivity contribution in [2.75, 3.05) is 46.1 Å². The van der Waals surface area contributed by atoms with Gasteiger partial charge in [0.05, 0.1) is 6.54 Å². The van der Waals surface area contributed by atoms with Gasteiger partial charge in [0.25, 0.3) is 10.0 Å². The topological polar surface area (TPSA) is 79.4 Å². The van der Waals surface area contributed by atoms with Gasteiger partial charge in [0, 0.05) is 39.3 Å². The average Bonchev–Trinajstić information content (AvgIpc) is 3.44. The maximum Gasteiger partial charge on any atom is 0.252 e. The van der Waals surface area contributed by atoms with Crippen LogP contribution in [0, 0.1) is 0 Å². The van der Waals surface area contributed by atoms with E-state index in [-0.39, 0.29) is 19.2 Å². The maximum absolute atomic E-state index is 12.8. The molecule has 1 fully saturated rings. The summed E-state index contributed by atoms with van der Waals surface area (Å²) in [7, 11) is -3.43. The zero-order valence-corrected chi connectivity index (χ0v) is 18.5. The third-order valence-electron chi connectivity index (χ3n) is 5.32. The minimum atomic E-state index is -3.43. The normalized spacial score (nSPS) is 17.2. The average molecular weight is 452 g/mol. The molecule has 0 spiro atoms. The second-order valence-electron chi connectivity index (χ2n) is 7.21. The molecule has 1 aromatic carbocycles. The van der Waals surface area contributed by atoms with Crippen molar-refractivity contribution in [3.63, 3.8) is 0 Å². The van der Waals surface area contributed by atoms with Crippen LogP contribution in [0.2, 0.25) is 0 Å². The summed E-state index contributed by atoms with van der Waals surface area (Å²) in [4.78, 5) is 16.7. The minimum absolute atomic E-state index is 0.0322. The second-order valence-corrected chi connectivity index (χ2v) is 10.3. The number of thiophene rings is 1. The first-order valence-electron chi connectivity index (χ1n) is 9.89. The van der Waals surface area contributed by atoms with E-state index >= 15 is 0 Å². The first-order valence-corrected chi connectivity index (χ1v) is 12.2. The Morgan fingerprint density at radius 1 is 1.13 bits per heavy atom. The van der Waals surface area contributed by atoms with Crippen molar-refractivity contribution >= 4 is 27.3 Å². The molecule has 0 N–H and O–H groups in total. The van der Waals surface area contributed by atoms with Crippen molar-refractivity contribution in [1.82, 2.24) is 14.1 Å². The Balaban J connectivity index is 1.31. The second kappa shape index (κ2) is 8.93. The Morgan fingerprint density at radius 2 is 1.90 bits per heavy atom. The van der Waals surface area contributed by atoms with Gasteiger partial charge in [0.2, 0.25) is 12.7 Å². The van der Waals surface area contributed by atoms with Gasteiger partial charge in [0.15, 0.2) is 11.5 Å². The molecule has 1 aromatic heterocycles. The molecule has 1 amide bonds. The highest BCUT2D eigenvalue weighted by Crippen LogP contribution is 2.32. The fourth-order valence-electron chi connectivity index (χ4n) is 3.59. The summed E-state index contributed by atoms with van der Waals surface area (Å²) >= 11 is 1.23. The van der Waals surface area contributed by atoms with Crippen molar-refractivity contribution in [3.8, 4) is 11.5 Å². The zero-order valence-electron chi connectivity index (χ0n) is 16.8. The highest BCUT2D eigenvalue weighted by Gasteiger charge is 2.30. The standard InChI is InChI=1S/C20H25N3O5S2/c1-2-22(13-16-5-6-17-18(12-16)28-15-27-17)19(24)14-21-7-9-23(10-8-21)30(25,26)20-4-3-11-29-20/h3-6,11-12H,2,7-10,13-15H2,1H3. The summed E-state index contributed by atoms with van der Waals surface area (Å²) in [5, 5.41) is 1.77. The van der Waals surface area contributed by atoms with Crippen LogP contribution in [-0.4, -0.2) is 74.5 Å². The number of benzene rings is 1. The van der Waals surface area contributed by atoms with Crippen LogP contribution in [-0.2, 0) is 21.4 Å². The van der Waals surface area contributed by atoms with Crippen molar-refractivity contribution < 1.29 is 22.7 Å². The van der Waals surface area contributed by atoms with Crippen molar-refractivity contribution in [2.24, 2.45) is 0 Å². The highest BCUT2D eigenvalue weighted by molar-refractivity contribution is 7.91. The molecular formula is C20H25N3O5S2. The zero-order chi connectivity index (χ0) is 21.1. The lowest BCUT2D eigenvalue weighted by Crippen LogP contribution is -2.51. The number of sulfonamides is 1. The van der Waals surface area contributed by atoms with Gasteiger partial charge in [-0.2, -0.15) is 4.31 Å². The Labute approximate surface area is 180 Å². The lowest BCUT2D eigenvalue weighted by atomic mass is 10.2. The molecule has 2 aromatic rings. The summed E-state index contributed by atoms with van der Waals surface area (Å²) in [5.74, 6) is 1.47. The summed E-state index contributed by atoms with van der Waals surface area (Å²) in [6, 6.07) is 9.09. The molecular weight excluding hydrogens is 426 g/mol. The monoisotopic (exact) mass is 451 g/mol. The smallest absolute Gasteiger partial charge is 0.252 e. The SMILES string of the molecule is CCN(Cc1ccc2c(c1)OCO2)C(=O)CN1CCN(S(=O)(=O)c2cccs2)CC1. The summed E-state index contributed by atoms with van der Waals surface area (Å²) in [6.45, 7) is 5.42. The fraction of sp³-hybridized carbons (Fsp3) is 0.450. The molecule has 30 heavy (non-hydrogen) atoms. The molecule has 1 saturated heterocycles. The van der Waals surface area contributed by atoms with Crippen LogP contribution in [0.4, 0.5) is 0 Å². The molecule has 2 aliphatic heterocycles. The number of nitrogens with zero attached hydrogens (tertiary/aromatic N) is 3. The van der Waals surface area contributed by atoms with Crippen LogP contribution in [0.25, 0.3) is 0 Å². The quantitative estimate of drug-likeness (QED) is 0.639. The lowest BCUT2D eigenvalue weighted by molar-refractivity contribution is -0.133. The predicted octanol–water partition coefficient (Wildman–Crippen LogP) is 1.83. The van der Waals surface area contributed by atoms with E-state index in [1.54, 1.807) is 22.4 Å². The first-order chi connectivity index (χ1) is 14.5. The highest BCUT2D eigenvalue weighted by atomic mass is 32.2. The molecule has 3 heterocycles. The maximum atomic E-state index is 12.8. The van der Waals surface area contributed by atoms with Crippen molar-refractivity contribution in [3.05, 3.63) is 41.3 Å². The van der Waals surface area contributed by atoms with Gasteiger partial charge >= 0.3 is 0 Å². The van der Waals surface area contributed by atoms with Gasteiger partial charge in [-0.05, 0) is 36.1 Å². The predicted molar refractivity (Wildman–Crippen MR) is 113 cm³/mol. The molecule has 8 nitrogen and oxygen atoms in total. The number of fused-ring (bicyclic) bond motifs is 1. The lowest BCUT2D eigenvalue weighted by Gasteiger charge is -2.34. The van der Waals surface area contributed by atoms with Crippen molar-refractivity contribution in [2.45, 2.75) is 17.7 Å². The number of hydrogen-bond acceptors (Lipinski definition) is 7. The van der Waals surface area contributed by atoms with Gasteiger partial charge in [-0.15, -0.1) is 11.3 Å². The van der Waals surface area contributed by atoms with E-state index in [4.69, 9.17) is 9.47 Å². The van der Waals surface area contributed by atoms with Gasteiger partial charge < -0.3 is 14.4 Å². The van der Waals surface area contributed by atoms with E-state index in [1.807, 2.05) is 30.0 Å². The molecule has 0 saturated carbocycles. The molecule has 0 aliphatic carbocycles. The molecule has 0 unspecified atom stereocenters. The Hall–Kier alpha value is -2.14. The Bertz CT molecular complexity index is 986. The van der Waals surface area contributed by atoms with Gasteiger partial charge in [-0.1, -0.05) is 12.1 Å². The molecule has 10 heteroatoms. The first kappa shape index (κ1) is 21.1. The van der Waals surface area contributed by atoms with Gasteiger partial charge in [0.1, 0.15) is 4.21 Å². The van der Waals surface area contributed by atoms with E-state index in [2.05, 4.69) is 0 Å². The van der Waals surface area contributed by atoms with Crippen LogP contribution in [0.5, 0.6) is 11.5 Å². The number of carbonyl (C=O) groups excluding carboxylic acids is 1. The molecule has 0 atom stereocenters. The van der Waals surface area contributed by atoms with E-state index in [9.17, 15) is 13.2 Å². The van der Waals surface area contributed by atoms with E-state index < -0.39 is 10.0 Å².